The number of hydrogen-bond donors (Lipinski definition) is 1. The molecule has 0 aliphatic rings. The van der Waals surface area contributed by atoms with Gasteiger partial charge in [-0.2, -0.15) is 0 Å². The van der Waals surface area contributed by atoms with Gasteiger partial charge in [-0.05, 0) is 31.0 Å². The van der Waals surface area contributed by atoms with Gasteiger partial charge in [0.25, 0.3) is 5.69 Å². The van der Waals surface area contributed by atoms with Crippen LogP contribution in [0, 0.1) is 24.0 Å². The lowest BCUT2D eigenvalue weighted by Crippen LogP contribution is -2.02. The van der Waals surface area contributed by atoms with Gasteiger partial charge >= 0.3 is 0 Å². The smallest absolute Gasteiger partial charge is 0.295 e. The van der Waals surface area contributed by atoms with Crippen LogP contribution in [0.1, 0.15) is 11.1 Å². The number of nitrogens with two attached hydrogens (primary N) is 1. The number of aryl methyl sites for hydroxylation is 2. The van der Waals surface area contributed by atoms with Crippen molar-refractivity contribution in [1.29, 1.82) is 0 Å². The lowest BCUT2D eigenvalue weighted by atomic mass is 10.1. The van der Waals surface area contributed by atoms with Gasteiger partial charge in [-0.15, -0.1) is 5.10 Å². The zero-order valence-corrected chi connectivity index (χ0v) is 9.41. The highest BCUT2D eigenvalue weighted by molar-refractivity contribution is 5.56. The number of aromatic nitrogens is 3. The Bertz CT molecular complexity index is 590. The van der Waals surface area contributed by atoms with Crippen LogP contribution in [0.15, 0.2) is 18.3 Å². The van der Waals surface area contributed by atoms with Crippen LogP contribution >= 0.6 is 0 Å². The Hall–Kier alpha value is -2.44. The summed E-state index contributed by atoms with van der Waals surface area (Å²) in [5.41, 5.74) is 7.59. The molecule has 2 aromatic rings. The second-order valence-electron chi connectivity index (χ2n) is 3.77. The molecule has 1 heterocycles. The molecule has 0 unspecified atom stereocenters. The highest BCUT2D eigenvalue weighted by atomic mass is 16.6. The number of benzene rings is 1. The predicted octanol–water partition coefficient (Wildman–Crippen LogP) is 1.37. The van der Waals surface area contributed by atoms with Crippen LogP contribution < -0.4 is 5.73 Å². The van der Waals surface area contributed by atoms with Crippen molar-refractivity contribution in [2.75, 3.05) is 5.73 Å². The van der Waals surface area contributed by atoms with E-state index in [1.165, 1.54) is 16.9 Å². The third kappa shape index (κ3) is 1.94. The highest BCUT2D eigenvalue weighted by Crippen LogP contribution is 2.26. The van der Waals surface area contributed by atoms with Crippen LogP contribution in [0.25, 0.3) is 5.69 Å². The Kier molecular flexibility index (Phi) is 2.51. The molecule has 0 aliphatic carbocycles. The maximum Gasteiger partial charge on any atom is 0.295 e. The second-order valence-corrected chi connectivity index (χ2v) is 3.77. The van der Waals surface area contributed by atoms with Crippen molar-refractivity contribution in [3.05, 3.63) is 39.6 Å². The van der Waals surface area contributed by atoms with Gasteiger partial charge in [0, 0.05) is 6.07 Å². The Morgan fingerprint density at radius 3 is 2.53 bits per heavy atom. The molecular formula is C10H11N5O2. The first-order chi connectivity index (χ1) is 7.99. The van der Waals surface area contributed by atoms with Crippen LogP contribution in [-0.2, 0) is 0 Å². The molecule has 7 nitrogen and oxygen atoms in total. The Labute approximate surface area is 97.0 Å². The van der Waals surface area contributed by atoms with Crippen molar-refractivity contribution in [1.82, 2.24) is 15.0 Å². The average Bonchev–Trinajstić information content (AvgIpc) is 2.68. The van der Waals surface area contributed by atoms with E-state index in [9.17, 15) is 10.1 Å². The Morgan fingerprint density at radius 1 is 1.35 bits per heavy atom. The SMILES string of the molecule is Cc1cc(-n2cc(N)nn2)c([N+](=O)[O-])cc1C. The van der Waals surface area contributed by atoms with Crippen molar-refractivity contribution < 1.29 is 4.92 Å². The topological polar surface area (TPSA) is 99.9 Å². The van der Waals surface area contributed by atoms with E-state index < -0.39 is 4.92 Å². The van der Waals surface area contributed by atoms with E-state index in [4.69, 9.17) is 5.73 Å². The van der Waals surface area contributed by atoms with Crippen LogP contribution in [-0.4, -0.2) is 19.9 Å². The van der Waals surface area contributed by atoms with E-state index in [0.717, 1.165) is 11.1 Å². The minimum absolute atomic E-state index is 0.0157. The van der Waals surface area contributed by atoms with Gasteiger partial charge in [0.15, 0.2) is 5.82 Å². The number of rotatable bonds is 2. The maximum atomic E-state index is 11.0. The molecule has 0 fully saturated rings. The molecule has 0 amide bonds. The summed E-state index contributed by atoms with van der Waals surface area (Å²) in [7, 11) is 0. The minimum atomic E-state index is -0.445. The molecule has 0 spiro atoms. The summed E-state index contributed by atoms with van der Waals surface area (Å²) in [6.45, 7) is 3.70. The highest BCUT2D eigenvalue weighted by Gasteiger charge is 2.18. The molecule has 0 aliphatic heterocycles. The van der Waals surface area contributed by atoms with Crippen molar-refractivity contribution in [2.24, 2.45) is 0 Å². The molecule has 17 heavy (non-hydrogen) atoms. The van der Waals surface area contributed by atoms with E-state index in [2.05, 4.69) is 10.3 Å². The van der Waals surface area contributed by atoms with Crippen LogP contribution in [0.2, 0.25) is 0 Å². The van der Waals surface area contributed by atoms with Crippen molar-refractivity contribution in [2.45, 2.75) is 13.8 Å². The number of anilines is 1. The third-order valence-electron chi connectivity index (χ3n) is 2.55. The zero-order chi connectivity index (χ0) is 12.6. The fraction of sp³-hybridized carbons (Fsp3) is 0.200. The predicted molar refractivity (Wildman–Crippen MR) is 61.9 cm³/mol. The normalized spacial score (nSPS) is 10.5. The van der Waals surface area contributed by atoms with Gasteiger partial charge in [-0.1, -0.05) is 5.21 Å². The first kappa shape index (κ1) is 11.1. The molecule has 88 valence electrons. The molecule has 0 radical (unpaired) electrons. The Morgan fingerprint density at radius 2 is 2.00 bits per heavy atom. The van der Waals surface area contributed by atoms with E-state index in [0.29, 0.717) is 5.69 Å². The molecule has 1 aromatic carbocycles. The summed E-state index contributed by atoms with van der Waals surface area (Å²) < 4.78 is 1.31. The van der Waals surface area contributed by atoms with Gasteiger partial charge in [0.05, 0.1) is 11.1 Å². The largest absolute Gasteiger partial charge is 0.381 e. The first-order valence-corrected chi connectivity index (χ1v) is 4.93. The molecule has 0 bridgehead atoms. The second kappa shape index (κ2) is 3.85. The summed E-state index contributed by atoms with van der Waals surface area (Å²) >= 11 is 0. The number of nitrogen functional groups attached to an aromatic ring is 1. The van der Waals surface area contributed by atoms with Gasteiger partial charge in [0.2, 0.25) is 0 Å². The van der Waals surface area contributed by atoms with Crippen LogP contribution in [0.5, 0.6) is 0 Å². The average molecular weight is 233 g/mol. The van der Waals surface area contributed by atoms with Gasteiger partial charge in [-0.25, -0.2) is 4.68 Å². The maximum absolute atomic E-state index is 11.0. The van der Waals surface area contributed by atoms with Gasteiger partial charge in [0.1, 0.15) is 5.69 Å². The number of nitro benzene ring substituents is 1. The third-order valence-corrected chi connectivity index (χ3v) is 2.55. The molecular weight excluding hydrogens is 222 g/mol. The summed E-state index contributed by atoms with van der Waals surface area (Å²) in [5.74, 6) is 0.220. The van der Waals surface area contributed by atoms with Crippen molar-refractivity contribution >= 4 is 11.5 Å². The molecule has 0 atom stereocenters. The summed E-state index contributed by atoms with van der Waals surface area (Å²) in [5, 5.41) is 18.3. The zero-order valence-electron chi connectivity index (χ0n) is 9.41. The fourth-order valence-corrected chi connectivity index (χ4v) is 1.51. The number of nitrogens with zero attached hydrogens (tertiary/aromatic N) is 4. The van der Waals surface area contributed by atoms with E-state index in [1.807, 2.05) is 13.8 Å². The van der Waals surface area contributed by atoms with E-state index >= 15 is 0 Å². The quantitative estimate of drug-likeness (QED) is 0.623. The summed E-state index contributed by atoms with van der Waals surface area (Å²) in [6, 6.07) is 3.21. The minimum Gasteiger partial charge on any atom is -0.381 e. The first-order valence-electron chi connectivity index (χ1n) is 4.93. The van der Waals surface area contributed by atoms with Crippen molar-refractivity contribution in [3.63, 3.8) is 0 Å². The monoisotopic (exact) mass is 233 g/mol. The standard InChI is InChI=1S/C10H11N5O2/c1-6-3-8(14-5-10(11)12-13-14)9(15(16)17)4-7(6)2/h3-5H,11H2,1-2H3. The summed E-state index contributed by atoms with van der Waals surface area (Å²) in [4.78, 5) is 10.5. The lowest BCUT2D eigenvalue weighted by molar-refractivity contribution is -0.384. The van der Waals surface area contributed by atoms with Crippen LogP contribution in [0.3, 0.4) is 0 Å². The van der Waals surface area contributed by atoms with Gasteiger partial charge in [-0.3, -0.25) is 10.1 Å². The molecule has 2 N–H and O–H groups in total. The lowest BCUT2D eigenvalue weighted by Gasteiger charge is -2.05. The fourth-order valence-electron chi connectivity index (χ4n) is 1.51. The molecule has 0 saturated carbocycles. The molecule has 0 saturated heterocycles. The Balaban J connectivity index is 2.67. The number of hydrogen-bond acceptors (Lipinski definition) is 5. The summed E-state index contributed by atoms with van der Waals surface area (Å²) in [6.07, 6.45) is 1.44. The molecule has 7 heteroatoms. The van der Waals surface area contributed by atoms with Crippen molar-refractivity contribution in [3.8, 4) is 5.69 Å². The molecule has 1 aromatic heterocycles. The van der Waals surface area contributed by atoms with E-state index in [1.54, 1.807) is 6.07 Å². The van der Waals surface area contributed by atoms with Gasteiger partial charge < -0.3 is 5.73 Å². The van der Waals surface area contributed by atoms with E-state index in [-0.39, 0.29) is 11.5 Å². The number of nitro groups is 1. The molecule has 2 rings (SSSR count). The van der Waals surface area contributed by atoms with Crippen LogP contribution in [0.4, 0.5) is 11.5 Å².